The van der Waals surface area contributed by atoms with Crippen LogP contribution >= 0.6 is 0 Å². The number of anilines is 2. The van der Waals surface area contributed by atoms with Gasteiger partial charge in [-0.1, -0.05) is 0 Å². The molecule has 0 aromatic carbocycles. The Kier molecular flexibility index (Phi) is 7.12. The summed E-state index contributed by atoms with van der Waals surface area (Å²) in [6, 6.07) is 12.9. The Morgan fingerprint density at radius 3 is 2.55 bits per heavy atom. The van der Waals surface area contributed by atoms with Crippen molar-refractivity contribution in [3.8, 4) is 16.9 Å². The van der Waals surface area contributed by atoms with Crippen LogP contribution in [0.1, 0.15) is 42.7 Å². The smallest absolute Gasteiger partial charge is 0.252 e. The van der Waals surface area contributed by atoms with Gasteiger partial charge in [0.05, 0.1) is 30.5 Å². The van der Waals surface area contributed by atoms with Crippen molar-refractivity contribution in [2.45, 2.75) is 57.8 Å². The Morgan fingerprint density at radius 2 is 1.85 bits per heavy atom. The lowest BCUT2D eigenvalue weighted by atomic mass is 9.90. The topological polar surface area (TPSA) is 106 Å². The normalized spacial score (nSPS) is 21.0. The van der Waals surface area contributed by atoms with Gasteiger partial charge in [-0.25, -0.2) is 9.50 Å². The van der Waals surface area contributed by atoms with Crippen molar-refractivity contribution in [2.24, 2.45) is 0 Å². The number of aromatic nitrogens is 4. The molecule has 2 fully saturated rings. The molecule has 2 aliphatic heterocycles. The van der Waals surface area contributed by atoms with Gasteiger partial charge in [0.25, 0.3) is 5.91 Å². The van der Waals surface area contributed by atoms with Crippen LogP contribution in [-0.2, 0) is 4.74 Å². The van der Waals surface area contributed by atoms with Crippen molar-refractivity contribution in [3.05, 3.63) is 66.2 Å². The third-order valence-corrected chi connectivity index (χ3v) is 7.71. The average molecular weight is 542 g/mol. The predicted molar refractivity (Wildman–Crippen MR) is 153 cm³/mol. The number of fused-ring (bicyclic) bond motifs is 3. The summed E-state index contributed by atoms with van der Waals surface area (Å²) in [5, 5.41) is 10.4. The molecule has 6 rings (SSSR count). The number of rotatable bonds is 7. The van der Waals surface area contributed by atoms with E-state index in [1.54, 1.807) is 19.2 Å². The number of nitrogens with one attached hydrogen (secondary N) is 2. The fourth-order valence-corrected chi connectivity index (χ4v) is 5.98. The zero-order chi connectivity index (χ0) is 27.8. The molecule has 0 aliphatic carbocycles. The summed E-state index contributed by atoms with van der Waals surface area (Å²) in [6.07, 6.45) is 7.34. The standard InChI is InChI=1S/C30H35N7O3/c1-18(2)37-23-11-25(12-24(37)17-39-16-23)40-27-15-32-19(3)9-26(27)20-7-8-36-22(10-20)13-29(35-36)34-28-6-5-21(14-33-28)30(38)31-4/h5-10,13-15,18,23-25H,11-12,16-17H2,1-4H3,(H,31,38)(H,33,34,35)/t23-,24+,25?. The van der Waals surface area contributed by atoms with Crippen LogP contribution in [0.5, 0.6) is 5.75 Å². The van der Waals surface area contributed by atoms with Crippen LogP contribution in [0.2, 0.25) is 0 Å². The summed E-state index contributed by atoms with van der Waals surface area (Å²) in [5.41, 5.74) is 4.42. The van der Waals surface area contributed by atoms with Crippen molar-refractivity contribution in [2.75, 3.05) is 25.6 Å². The molecule has 6 heterocycles. The molecule has 40 heavy (non-hydrogen) atoms. The first-order valence-electron chi connectivity index (χ1n) is 13.8. The lowest BCUT2D eigenvalue weighted by Crippen LogP contribution is -2.61. The third kappa shape index (κ3) is 5.24. The van der Waals surface area contributed by atoms with E-state index in [-0.39, 0.29) is 12.0 Å². The van der Waals surface area contributed by atoms with Crippen molar-refractivity contribution in [1.29, 1.82) is 0 Å². The van der Waals surface area contributed by atoms with Gasteiger partial charge in [0.15, 0.2) is 5.82 Å². The lowest BCUT2D eigenvalue weighted by Gasteiger charge is -2.50. The maximum absolute atomic E-state index is 11.8. The van der Waals surface area contributed by atoms with E-state index in [0.717, 1.165) is 54.1 Å². The average Bonchev–Trinajstić information content (AvgIpc) is 3.35. The minimum Gasteiger partial charge on any atom is -0.488 e. The van der Waals surface area contributed by atoms with Gasteiger partial charge in [0, 0.05) is 67.7 Å². The highest BCUT2D eigenvalue weighted by atomic mass is 16.5. The largest absolute Gasteiger partial charge is 0.488 e. The second-order valence-corrected chi connectivity index (χ2v) is 10.9. The maximum atomic E-state index is 11.8. The molecule has 2 aliphatic rings. The van der Waals surface area contributed by atoms with Gasteiger partial charge >= 0.3 is 0 Å². The number of ether oxygens (including phenoxy) is 2. The number of aryl methyl sites for hydroxylation is 1. The Bertz CT molecular complexity index is 1500. The van der Waals surface area contributed by atoms with Gasteiger partial charge in [0.2, 0.25) is 0 Å². The predicted octanol–water partition coefficient (Wildman–Crippen LogP) is 4.22. The van der Waals surface area contributed by atoms with Gasteiger partial charge in [0.1, 0.15) is 17.7 Å². The Labute approximate surface area is 233 Å². The number of nitrogens with zero attached hydrogens (tertiary/aromatic N) is 5. The van der Waals surface area contributed by atoms with Gasteiger partial charge in [-0.3, -0.25) is 14.7 Å². The molecule has 4 aromatic heterocycles. The number of pyridine rings is 3. The van der Waals surface area contributed by atoms with Gasteiger partial charge in [-0.2, -0.15) is 5.10 Å². The van der Waals surface area contributed by atoms with E-state index in [9.17, 15) is 4.79 Å². The quantitative estimate of drug-likeness (QED) is 0.358. The Hall–Kier alpha value is -4.02. The van der Waals surface area contributed by atoms with E-state index in [0.29, 0.717) is 35.3 Å². The highest BCUT2D eigenvalue weighted by Gasteiger charge is 2.41. The van der Waals surface area contributed by atoms with E-state index in [2.05, 4.69) is 56.6 Å². The van der Waals surface area contributed by atoms with Crippen LogP contribution in [0.3, 0.4) is 0 Å². The zero-order valence-corrected chi connectivity index (χ0v) is 23.3. The van der Waals surface area contributed by atoms with E-state index < -0.39 is 0 Å². The maximum Gasteiger partial charge on any atom is 0.252 e. The molecule has 3 atom stereocenters. The van der Waals surface area contributed by atoms with Crippen molar-refractivity contribution >= 4 is 23.1 Å². The van der Waals surface area contributed by atoms with Crippen molar-refractivity contribution in [1.82, 2.24) is 29.8 Å². The first kappa shape index (κ1) is 26.2. The van der Waals surface area contributed by atoms with E-state index in [1.807, 2.05) is 36.0 Å². The fraction of sp³-hybridized carbons (Fsp3) is 0.400. The molecule has 1 amide bonds. The molecule has 10 heteroatoms. The fourth-order valence-electron chi connectivity index (χ4n) is 5.98. The van der Waals surface area contributed by atoms with Gasteiger partial charge in [-0.05, 0) is 56.7 Å². The molecule has 0 spiro atoms. The number of morpholine rings is 1. The Balaban J connectivity index is 1.23. The summed E-state index contributed by atoms with van der Waals surface area (Å²) in [5.74, 6) is 1.89. The first-order valence-corrected chi connectivity index (χ1v) is 13.8. The Morgan fingerprint density at radius 1 is 1.05 bits per heavy atom. The minimum absolute atomic E-state index is 0.119. The third-order valence-electron chi connectivity index (χ3n) is 7.71. The van der Waals surface area contributed by atoms with Gasteiger partial charge in [-0.15, -0.1) is 0 Å². The summed E-state index contributed by atoms with van der Waals surface area (Å²) in [4.78, 5) is 23.3. The highest BCUT2D eigenvalue weighted by molar-refractivity contribution is 5.93. The van der Waals surface area contributed by atoms with Crippen LogP contribution in [0.25, 0.3) is 16.6 Å². The number of piperidine rings is 1. The summed E-state index contributed by atoms with van der Waals surface area (Å²) < 4.78 is 14.4. The number of hydrogen-bond acceptors (Lipinski definition) is 8. The van der Waals surface area contributed by atoms with Crippen molar-refractivity contribution in [3.63, 3.8) is 0 Å². The van der Waals surface area contributed by atoms with Crippen LogP contribution in [0, 0.1) is 6.92 Å². The van der Waals surface area contributed by atoms with E-state index in [4.69, 9.17) is 9.47 Å². The molecule has 2 saturated heterocycles. The molecular weight excluding hydrogens is 506 g/mol. The molecule has 0 radical (unpaired) electrons. The van der Waals surface area contributed by atoms with E-state index >= 15 is 0 Å². The van der Waals surface area contributed by atoms with Crippen LogP contribution in [0.4, 0.5) is 11.6 Å². The second kappa shape index (κ2) is 10.9. The number of carbonyl (C=O) groups excluding carboxylic acids is 1. The molecule has 2 bridgehead atoms. The molecule has 4 aromatic rings. The van der Waals surface area contributed by atoms with Crippen molar-refractivity contribution < 1.29 is 14.3 Å². The highest BCUT2D eigenvalue weighted by Crippen LogP contribution is 2.36. The number of amides is 1. The second-order valence-electron chi connectivity index (χ2n) is 10.9. The monoisotopic (exact) mass is 541 g/mol. The minimum atomic E-state index is -0.174. The zero-order valence-electron chi connectivity index (χ0n) is 23.3. The molecule has 2 N–H and O–H groups in total. The summed E-state index contributed by atoms with van der Waals surface area (Å²) in [6.45, 7) is 8.05. The van der Waals surface area contributed by atoms with Crippen LogP contribution in [-0.4, -0.2) is 74.9 Å². The lowest BCUT2D eigenvalue weighted by molar-refractivity contribution is -0.112. The molecule has 208 valence electrons. The van der Waals surface area contributed by atoms with Gasteiger partial charge < -0.3 is 20.1 Å². The molecule has 0 saturated carbocycles. The summed E-state index contributed by atoms with van der Waals surface area (Å²) in [7, 11) is 1.60. The van der Waals surface area contributed by atoms with Crippen LogP contribution < -0.4 is 15.4 Å². The molecule has 10 nitrogen and oxygen atoms in total. The molecule has 1 unspecified atom stereocenters. The summed E-state index contributed by atoms with van der Waals surface area (Å²) >= 11 is 0. The van der Waals surface area contributed by atoms with Crippen LogP contribution in [0.15, 0.2) is 55.0 Å². The molecular formula is C30H35N7O3. The SMILES string of the molecule is CNC(=O)c1ccc(Nc2cc3cc(-c4cc(C)ncc4OC4C[C@H]5COC[C@@H](C4)N5C(C)C)ccn3n2)nc1. The number of hydrogen-bond donors (Lipinski definition) is 2. The number of carbonyl (C=O) groups is 1. The van der Waals surface area contributed by atoms with E-state index in [1.165, 1.54) is 6.20 Å². The first-order chi connectivity index (χ1) is 19.4.